The fourth-order valence-electron chi connectivity index (χ4n) is 3.11. The minimum absolute atomic E-state index is 0.273. The molecule has 7 nitrogen and oxygen atoms in total. The van der Waals surface area contributed by atoms with Gasteiger partial charge in [0.1, 0.15) is 18.8 Å². The minimum atomic E-state index is -0.318. The largest absolute Gasteiger partial charge is 0.497 e. The van der Waals surface area contributed by atoms with Crippen LogP contribution in [0.3, 0.4) is 0 Å². The number of morpholine rings is 1. The van der Waals surface area contributed by atoms with Gasteiger partial charge in [0.05, 0.1) is 44.7 Å². The van der Waals surface area contributed by atoms with E-state index >= 15 is 0 Å². The zero-order valence-electron chi connectivity index (χ0n) is 16.3. The lowest BCUT2D eigenvalue weighted by Crippen LogP contribution is -3.14. The van der Waals surface area contributed by atoms with Crippen LogP contribution in [0.25, 0.3) is 0 Å². The number of benzene rings is 2. The summed E-state index contributed by atoms with van der Waals surface area (Å²) in [5.41, 5.74) is 1.20. The third kappa shape index (κ3) is 5.93. The number of rotatable bonds is 7. The molecule has 154 valence electrons. The summed E-state index contributed by atoms with van der Waals surface area (Å²) in [5, 5.41) is 6.13. The van der Waals surface area contributed by atoms with Crippen molar-refractivity contribution < 1.29 is 24.0 Å². The zero-order valence-corrected chi connectivity index (χ0v) is 17.1. The fourth-order valence-corrected chi connectivity index (χ4v) is 3.28. The van der Waals surface area contributed by atoms with E-state index in [-0.39, 0.29) is 11.8 Å². The third-order valence-corrected chi connectivity index (χ3v) is 5.03. The number of halogens is 1. The number of hydrogen-bond donors (Lipinski definition) is 3. The molecule has 1 aliphatic heterocycles. The van der Waals surface area contributed by atoms with Crippen LogP contribution < -0.4 is 20.3 Å². The summed E-state index contributed by atoms with van der Waals surface area (Å²) in [6.07, 6.45) is 0. The van der Waals surface area contributed by atoms with Crippen LogP contribution in [0.2, 0.25) is 5.02 Å². The van der Waals surface area contributed by atoms with Crippen LogP contribution in [0, 0.1) is 0 Å². The number of nitrogens with one attached hydrogen (secondary N) is 3. The van der Waals surface area contributed by atoms with E-state index in [1.807, 2.05) is 0 Å². The maximum absolute atomic E-state index is 12.7. The molecule has 0 unspecified atom stereocenters. The van der Waals surface area contributed by atoms with Gasteiger partial charge in [-0.2, -0.15) is 0 Å². The highest BCUT2D eigenvalue weighted by molar-refractivity contribution is 6.31. The molecule has 3 rings (SSSR count). The van der Waals surface area contributed by atoms with Gasteiger partial charge in [0.25, 0.3) is 11.8 Å². The Balaban J connectivity index is 1.64. The van der Waals surface area contributed by atoms with E-state index in [1.54, 1.807) is 49.6 Å². The summed E-state index contributed by atoms with van der Waals surface area (Å²) in [7, 11) is 1.56. The van der Waals surface area contributed by atoms with Crippen molar-refractivity contribution in [3.05, 3.63) is 58.6 Å². The van der Waals surface area contributed by atoms with Gasteiger partial charge < -0.3 is 25.0 Å². The average Bonchev–Trinajstić information content (AvgIpc) is 2.75. The maximum Gasteiger partial charge on any atom is 0.255 e. The molecule has 2 aromatic rings. The van der Waals surface area contributed by atoms with Gasteiger partial charge in [0, 0.05) is 10.6 Å². The van der Waals surface area contributed by atoms with Crippen LogP contribution >= 0.6 is 11.6 Å². The Hall–Kier alpha value is -2.61. The van der Waals surface area contributed by atoms with Gasteiger partial charge >= 0.3 is 0 Å². The smallest absolute Gasteiger partial charge is 0.255 e. The highest BCUT2D eigenvalue weighted by atomic mass is 35.5. The molecule has 1 saturated heterocycles. The first-order valence-electron chi connectivity index (χ1n) is 9.51. The zero-order chi connectivity index (χ0) is 20.6. The first-order valence-corrected chi connectivity index (χ1v) is 9.89. The molecule has 2 amide bonds. The minimum Gasteiger partial charge on any atom is -0.497 e. The Labute approximate surface area is 174 Å². The Morgan fingerprint density at radius 3 is 2.52 bits per heavy atom. The number of methoxy groups -OCH3 is 1. The molecule has 0 spiro atoms. The summed E-state index contributed by atoms with van der Waals surface area (Å²) in [6, 6.07) is 11.6. The summed E-state index contributed by atoms with van der Waals surface area (Å²) in [6.45, 7) is 4.74. The van der Waals surface area contributed by atoms with Crippen LogP contribution in [-0.4, -0.2) is 58.3 Å². The molecule has 0 bridgehead atoms. The molecule has 1 heterocycles. The second kappa shape index (κ2) is 10.2. The van der Waals surface area contributed by atoms with Crippen LogP contribution in [0.4, 0.5) is 5.69 Å². The first kappa shape index (κ1) is 21.1. The van der Waals surface area contributed by atoms with Crippen molar-refractivity contribution in [2.75, 3.05) is 51.8 Å². The van der Waals surface area contributed by atoms with Crippen molar-refractivity contribution in [2.24, 2.45) is 0 Å². The highest BCUT2D eigenvalue weighted by Crippen LogP contribution is 2.22. The Bertz CT molecular complexity index is 852. The van der Waals surface area contributed by atoms with Gasteiger partial charge in [-0.25, -0.2) is 0 Å². The van der Waals surface area contributed by atoms with E-state index in [4.69, 9.17) is 21.1 Å². The lowest BCUT2D eigenvalue weighted by atomic mass is 10.1. The predicted octanol–water partition coefficient (Wildman–Crippen LogP) is 1.25. The molecule has 29 heavy (non-hydrogen) atoms. The standard InChI is InChI=1S/C21H24ClN3O4/c1-28-17-5-2-15(3-6-17)20(26)24-19-7-4-16(22)14-18(19)21(27)23-8-9-25-10-12-29-13-11-25/h2-7,14H,8-13H2,1H3,(H,23,27)(H,24,26)/p+1. The van der Waals surface area contributed by atoms with E-state index in [2.05, 4.69) is 10.6 Å². The summed E-state index contributed by atoms with van der Waals surface area (Å²) in [5.74, 6) is 0.0717. The van der Waals surface area contributed by atoms with Crippen LogP contribution in [0.5, 0.6) is 5.75 Å². The van der Waals surface area contributed by atoms with E-state index in [0.29, 0.717) is 34.1 Å². The normalized spacial score (nSPS) is 14.3. The fraction of sp³-hybridized carbons (Fsp3) is 0.333. The molecule has 2 aromatic carbocycles. The second-order valence-electron chi connectivity index (χ2n) is 6.74. The number of carbonyl (C=O) groups excluding carboxylic acids is 2. The monoisotopic (exact) mass is 418 g/mol. The Morgan fingerprint density at radius 1 is 1.10 bits per heavy atom. The first-order chi connectivity index (χ1) is 14.1. The second-order valence-corrected chi connectivity index (χ2v) is 7.18. The van der Waals surface area contributed by atoms with Gasteiger partial charge in [0.2, 0.25) is 0 Å². The van der Waals surface area contributed by atoms with Crippen molar-refractivity contribution in [2.45, 2.75) is 0 Å². The highest BCUT2D eigenvalue weighted by Gasteiger charge is 2.17. The van der Waals surface area contributed by atoms with Gasteiger partial charge in [-0.05, 0) is 42.5 Å². The Kier molecular flexibility index (Phi) is 7.46. The Morgan fingerprint density at radius 2 is 1.83 bits per heavy atom. The van der Waals surface area contributed by atoms with Gasteiger partial charge in [-0.1, -0.05) is 11.6 Å². The lowest BCUT2D eigenvalue weighted by molar-refractivity contribution is -0.906. The number of quaternary nitrogens is 1. The lowest BCUT2D eigenvalue weighted by Gasteiger charge is -2.23. The summed E-state index contributed by atoms with van der Waals surface area (Å²) in [4.78, 5) is 26.7. The number of carbonyl (C=O) groups is 2. The molecule has 8 heteroatoms. The van der Waals surface area contributed by atoms with Crippen molar-refractivity contribution >= 4 is 29.1 Å². The van der Waals surface area contributed by atoms with Crippen molar-refractivity contribution in [1.82, 2.24) is 5.32 Å². The van der Waals surface area contributed by atoms with Crippen molar-refractivity contribution in [1.29, 1.82) is 0 Å². The van der Waals surface area contributed by atoms with Crippen molar-refractivity contribution in [3.63, 3.8) is 0 Å². The summed E-state index contributed by atoms with van der Waals surface area (Å²) < 4.78 is 10.4. The molecule has 3 N–H and O–H groups in total. The molecule has 0 saturated carbocycles. The number of amides is 2. The van der Waals surface area contributed by atoms with Gasteiger partial charge in [-0.15, -0.1) is 0 Å². The van der Waals surface area contributed by atoms with Crippen LogP contribution in [0.15, 0.2) is 42.5 Å². The molecule has 0 aromatic heterocycles. The number of anilines is 1. The van der Waals surface area contributed by atoms with Crippen LogP contribution in [-0.2, 0) is 4.74 Å². The van der Waals surface area contributed by atoms with E-state index in [0.717, 1.165) is 32.8 Å². The molecule has 1 fully saturated rings. The predicted molar refractivity (Wildman–Crippen MR) is 111 cm³/mol. The topological polar surface area (TPSA) is 81.1 Å². The van der Waals surface area contributed by atoms with Crippen LogP contribution in [0.1, 0.15) is 20.7 Å². The quantitative estimate of drug-likeness (QED) is 0.632. The van der Waals surface area contributed by atoms with E-state index in [1.165, 1.54) is 4.90 Å². The molecule has 1 aliphatic rings. The van der Waals surface area contributed by atoms with E-state index in [9.17, 15) is 9.59 Å². The maximum atomic E-state index is 12.7. The van der Waals surface area contributed by atoms with E-state index < -0.39 is 0 Å². The molecular weight excluding hydrogens is 394 g/mol. The molecular formula is C21H25ClN3O4+. The number of ether oxygens (including phenoxy) is 2. The molecule has 0 aliphatic carbocycles. The summed E-state index contributed by atoms with van der Waals surface area (Å²) >= 11 is 6.08. The average molecular weight is 419 g/mol. The SMILES string of the molecule is COc1ccc(C(=O)Nc2ccc(Cl)cc2C(=O)NCC[NH+]2CCOCC2)cc1. The van der Waals surface area contributed by atoms with Gasteiger partial charge in [0.15, 0.2) is 0 Å². The third-order valence-electron chi connectivity index (χ3n) is 4.79. The molecule has 0 atom stereocenters. The van der Waals surface area contributed by atoms with Gasteiger partial charge in [-0.3, -0.25) is 9.59 Å². The van der Waals surface area contributed by atoms with Crippen molar-refractivity contribution in [3.8, 4) is 5.75 Å². The number of hydrogen-bond acceptors (Lipinski definition) is 4. The molecule has 0 radical (unpaired) electrons.